The maximum absolute atomic E-state index is 12.4. The van der Waals surface area contributed by atoms with Gasteiger partial charge >= 0.3 is 0 Å². The first kappa shape index (κ1) is 20.0. The van der Waals surface area contributed by atoms with Gasteiger partial charge in [0.15, 0.2) is 12.4 Å². The number of non-ortho nitro benzene ring substituents is 1. The second kappa shape index (κ2) is 8.53. The summed E-state index contributed by atoms with van der Waals surface area (Å²) in [5, 5.41) is 10.7. The molecule has 0 aromatic heterocycles. The first-order valence-electron chi connectivity index (χ1n) is 8.43. The normalized spacial score (nSPS) is 10.9. The summed E-state index contributed by atoms with van der Waals surface area (Å²) in [6.45, 7) is -0.141. The summed E-state index contributed by atoms with van der Waals surface area (Å²) in [5.74, 6) is 0.237. The molecule has 0 atom stereocenters. The van der Waals surface area contributed by atoms with Crippen LogP contribution in [0.5, 0.6) is 5.75 Å². The third-order valence-electron chi connectivity index (χ3n) is 3.93. The van der Waals surface area contributed by atoms with Crippen LogP contribution in [0.2, 0.25) is 0 Å². The van der Waals surface area contributed by atoms with Crippen LogP contribution >= 0.6 is 0 Å². The topological polar surface area (TPSA) is 116 Å². The number of hydrogen-bond acceptors (Lipinski definition) is 6. The largest absolute Gasteiger partial charge is 0.485 e. The number of sulfonamides is 1. The van der Waals surface area contributed by atoms with E-state index in [2.05, 4.69) is 4.72 Å². The molecule has 0 saturated heterocycles. The van der Waals surface area contributed by atoms with Gasteiger partial charge in [0.2, 0.25) is 0 Å². The fourth-order valence-electron chi connectivity index (χ4n) is 2.44. The molecule has 9 heteroatoms. The molecular formula is C20H16N2O6S. The van der Waals surface area contributed by atoms with Crippen LogP contribution in [0.15, 0.2) is 83.8 Å². The summed E-state index contributed by atoms with van der Waals surface area (Å²) in [6.07, 6.45) is 0. The smallest absolute Gasteiger partial charge is 0.269 e. The highest BCUT2D eigenvalue weighted by molar-refractivity contribution is 7.92. The van der Waals surface area contributed by atoms with Gasteiger partial charge in [-0.3, -0.25) is 19.6 Å². The third-order valence-corrected chi connectivity index (χ3v) is 5.33. The van der Waals surface area contributed by atoms with E-state index in [4.69, 9.17) is 4.74 Å². The van der Waals surface area contributed by atoms with Crippen molar-refractivity contribution in [2.24, 2.45) is 0 Å². The van der Waals surface area contributed by atoms with Crippen molar-refractivity contribution >= 4 is 27.2 Å². The van der Waals surface area contributed by atoms with Crippen LogP contribution in [0.1, 0.15) is 10.4 Å². The lowest BCUT2D eigenvalue weighted by molar-refractivity contribution is -0.384. The number of nitrogens with zero attached hydrogens (tertiary/aromatic N) is 1. The molecule has 3 aromatic rings. The molecular weight excluding hydrogens is 396 g/mol. The number of hydrogen-bond donors (Lipinski definition) is 1. The molecule has 0 heterocycles. The first-order valence-corrected chi connectivity index (χ1v) is 9.92. The zero-order valence-electron chi connectivity index (χ0n) is 15.0. The van der Waals surface area contributed by atoms with E-state index >= 15 is 0 Å². The molecule has 148 valence electrons. The van der Waals surface area contributed by atoms with Crippen LogP contribution in [0, 0.1) is 10.1 Å². The molecule has 0 fully saturated rings. The van der Waals surface area contributed by atoms with E-state index in [0.29, 0.717) is 11.3 Å². The van der Waals surface area contributed by atoms with Crippen LogP contribution in [-0.4, -0.2) is 25.7 Å². The molecule has 0 amide bonds. The number of rotatable bonds is 8. The minimum atomic E-state index is -3.90. The average Bonchev–Trinajstić information content (AvgIpc) is 2.73. The molecule has 0 aliphatic carbocycles. The fourth-order valence-corrected chi connectivity index (χ4v) is 3.50. The van der Waals surface area contributed by atoms with E-state index < -0.39 is 14.9 Å². The Bertz CT molecular complexity index is 1110. The number of carbonyl (C=O) groups is 1. The van der Waals surface area contributed by atoms with Crippen molar-refractivity contribution in [1.82, 2.24) is 0 Å². The lowest BCUT2D eigenvalue weighted by Crippen LogP contribution is -2.13. The van der Waals surface area contributed by atoms with Gasteiger partial charge in [-0.15, -0.1) is 0 Å². The minimum absolute atomic E-state index is 0.100. The van der Waals surface area contributed by atoms with Crippen LogP contribution in [0.3, 0.4) is 0 Å². The Kier molecular flexibility index (Phi) is 5.89. The third kappa shape index (κ3) is 5.17. The fraction of sp³-hybridized carbons (Fsp3) is 0.0500. The van der Waals surface area contributed by atoms with Crippen LogP contribution in [0.4, 0.5) is 11.4 Å². The Morgan fingerprint density at radius 2 is 1.55 bits per heavy atom. The maximum atomic E-state index is 12.4. The van der Waals surface area contributed by atoms with E-state index in [1.54, 1.807) is 24.3 Å². The molecule has 0 saturated carbocycles. The summed E-state index contributed by atoms with van der Waals surface area (Å²) < 4.78 is 32.6. The van der Waals surface area contributed by atoms with Gasteiger partial charge in [0.05, 0.1) is 9.82 Å². The summed E-state index contributed by atoms with van der Waals surface area (Å²) >= 11 is 0. The van der Waals surface area contributed by atoms with Crippen molar-refractivity contribution in [3.05, 3.63) is 94.5 Å². The number of anilines is 1. The van der Waals surface area contributed by atoms with Crippen molar-refractivity contribution in [2.75, 3.05) is 11.3 Å². The number of ketones is 1. The van der Waals surface area contributed by atoms with E-state index in [1.165, 1.54) is 24.3 Å². The first-order chi connectivity index (χ1) is 13.8. The van der Waals surface area contributed by atoms with Gasteiger partial charge in [0, 0.05) is 23.4 Å². The zero-order valence-corrected chi connectivity index (χ0v) is 15.8. The number of carbonyl (C=O) groups excluding carboxylic acids is 1. The predicted octanol–water partition coefficient (Wildman–Crippen LogP) is 3.66. The SMILES string of the molecule is O=C(COc1ccc(NS(=O)(=O)c2ccc([N+](=O)[O-])cc2)cc1)c1ccccc1. The molecule has 8 nitrogen and oxygen atoms in total. The van der Waals surface area contributed by atoms with Gasteiger partial charge in [-0.25, -0.2) is 8.42 Å². The monoisotopic (exact) mass is 412 g/mol. The summed E-state index contributed by atoms with van der Waals surface area (Å²) in [4.78, 5) is 22.0. The molecule has 0 unspecified atom stereocenters. The van der Waals surface area contributed by atoms with E-state index in [1.807, 2.05) is 6.07 Å². The van der Waals surface area contributed by atoms with Crippen molar-refractivity contribution < 1.29 is 22.9 Å². The van der Waals surface area contributed by atoms with Gasteiger partial charge in [-0.2, -0.15) is 0 Å². The zero-order chi connectivity index (χ0) is 20.9. The number of Topliss-reactive ketones (excluding diaryl/α,β-unsaturated/α-hetero) is 1. The highest BCUT2D eigenvalue weighted by atomic mass is 32.2. The molecule has 0 aliphatic heterocycles. The minimum Gasteiger partial charge on any atom is -0.485 e. The number of nitrogens with one attached hydrogen (secondary N) is 1. The van der Waals surface area contributed by atoms with E-state index in [-0.39, 0.29) is 28.7 Å². The Hall–Kier alpha value is -3.72. The van der Waals surface area contributed by atoms with Crippen LogP contribution in [-0.2, 0) is 10.0 Å². The van der Waals surface area contributed by atoms with Gasteiger partial charge in [-0.1, -0.05) is 30.3 Å². The molecule has 0 aliphatic rings. The second-order valence-corrected chi connectivity index (χ2v) is 7.64. The lowest BCUT2D eigenvalue weighted by atomic mass is 10.1. The number of nitro benzene ring substituents is 1. The quantitative estimate of drug-likeness (QED) is 0.343. The van der Waals surface area contributed by atoms with Crippen molar-refractivity contribution in [1.29, 1.82) is 0 Å². The predicted molar refractivity (Wildman–Crippen MR) is 107 cm³/mol. The van der Waals surface area contributed by atoms with E-state index in [9.17, 15) is 23.3 Å². The van der Waals surface area contributed by atoms with Gasteiger partial charge in [-0.05, 0) is 36.4 Å². The van der Waals surface area contributed by atoms with Gasteiger partial charge in [0.25, 0.3) is 15.7 Å². The lowest BCUT2D eigenvalue weighted by Gasteiger charge is -2.10. The molecule has 29 heavy (non-hydrogen) atoms. The Morgan fingerprint density at radius 3 is 2.14 bits per heavy atom. The molecule has 3 aromatic carbocycles. The molecule has 0 bridgehead atoms. The number of ether oxygens (including phenoxy) is 1. The second-order valence-electron chi connectivity index (χ2n) is 5.96. The highest BCUT2D eigenvalue weighted by Crippen LogP contribution is 2.21. The summed E-state index contributed by atoms with van der Waals surface area (Å²) in [7, 11) is -3.90. The van der Waals surface area contributed by atoms with Crippen molar-refractivity contribution in [2.45, 2.75) is 4.90 Å². The molecule has 3 rings (SSSR count). The standard InChI is InChI=1S/C20H16N2O6S/c23-20(15-4-2-1-3-5-15)14-28-18-10-6-16(7-11-18)21-29(26,27)19-12-8-17(9-13-19)22(24)25/h1-13,21H,14H2. The molecule has 1 N–H and O–H groups in total. The Balaban J connectivity index is 1.62. The molecule has 0 radical (unpaired) electrons. The van der Waals surface area contributed by atoms with E-state index in [0.717, 1.165) is 24.3 Å². The van der Waals surface area contributed by atoms with Crippen molar-refractivity contribution in [3.8, 4) is 5.75 Å². The summed E-state index contributed by atoms with van der Waals surface area (Å²) in [6, 6.07) is 19.3. The number of benzene rings is 3. The average molecular weight is 412 g/mol. The van der Waals surface area contributed by atoms with Crippen LogP contribution < -0.4 is 9.46 Å². The molecule has 0 spiro atoms. The van der Waals surface area contributed by atoms with Crippen molar-refractivity contribution in [3.63, 3.8) is 0 Å². The Labute approximate surface area is 167 Å². The Morgan fingerprint density at radius 1 is 0.931 bits per heavy atom. The van der Waals surface area contributed by atoms with Gasteiger partial charge in [0.1, 0.15) is 5.75 Å². The van der Waals surface area contributed by atoms with Gasteiger partial charge < -0.3 is 4.74 Å². The highest BCUT2D eigenvalue weighted by Gasteiger charge is 2.16. The maximum Gasteiger partial charge on any atom is 0.269 e. The van der Waals surface area contributed by atoms with Crippen LogP contribution in [0.25, 0.3) is 0 Å². The number of nitro groups is 1. The summed E-state index contributed by atoms with van der Waals surface area (Å²) in [5.41, 5.74) is 0.626.